The summed E-state index contributed by atoms with van der Waals surface area (Å²) < 4.78 is 10.2. The van der Waals surface area contributed by atoms with Gasteiger partial charge in [-0.15, -0.1) is 0 Å². The van der Waals surface area contributed by atoms with Gasteiger partial charge in [0.1, 0.15) is 19.3 Å². The van der Waals surface area contributed by atoms with Gasteiger partial charge in [-0.2, -0.15) is 0 Å². The summed E-state index contributed by atoms with van der Waals surface area (Å²) in [7, 11) is 0. The van der Waals surface area contributed by atoms with E-state index in [-0.39, 0.29) is 13.2 Å². The lowest BCUT2D eigenvalue weighted by atomic mass is 10.1. The van der Waals surface area contributed by atoms with Gasteiger partial charge >= 0.3 is 12.2 Å². The van der Waals surface area contributed by atoms with Crippen molar-refractivity contribution in [1.82, 2.24) is 10.6 Å². The Morgan fingerprint density at radius 3 is 1.87 bits per heavy atom. The molecule has 30 heavy (non-hydrogen) atoms. The highest BCUT2D eigenvalue weighted by Crippen LogP contribution is 2.04. The van der Waals surface area contributed by atoms with E-state index in [2.05, 4.69) is 10.6 Å². The number of unbranched alkanes of at least 4 members (excludes halogenated alkanes) is 1. The molecule has 0 unspecified atom stereocenters. The Hall–Kier alpha value is -3.55. The number of hydrogen-bond donors (Lipinski definition) is 3. The zero-order chi connectivity index (χ0) is 21.6. The maximum atomic E-state index is 11.9. The zero-order valence-corrected chi connectivity index (χ0v) is 16.7. The zero-order valence-electron chi connectivity index (χ0n) is 16.7. The smallest absolute Gasteiger partial charge is 0.408 e. The van der Waals surface area contributed by atoms with Gasteiger partial charge in [-0.05, 0) is 30.4 Å². The predicted octanol–water partition coefficient (Wildman–Crippen LogP) is 2.86. The number of carbonyl (C=O) groups excluding carboxylic acids is 3. The molecule has 0 fully saturated rings. The van der Waals surface area contributed by atoms with Crippen molar-refractivity contribution in [3.05, 3.63) is 71.8 Å². The fourth-order valence-corrected chi connectivity index (χ4v) is 2.63. The summed E-state index contributed by atoms with van der Waals surface area (Å²) in [6.45, 7) is 0.691. The molecule has 8 heteroatoms. The van der Waals surface area contributed by atoms with Crippen LogP contribution < -0.4 is 16.4 Å². The first-order chi connectivity index (χ1) is 14.5. The van der Waals surface area contributed by atoms with Crippen LogP contribution in [0.1, 0.15) is 30.4 Å². The van der Waals surface area contributed by atoms with E-state index in [4.69, 9.17) is 15.2 Å². The molecule has 0 saturated heterocycles. The molecule has 3 amide bonds. The highest BCUT2D eigenvalue weighted by atomic mass is 16.6. The molecular weight excluding hydrogens is 386 g/mol. The normalized spacial score (nSPS) is 11.2. The average Bonchev–Trinajstić information content (AvgIpc) is 2.76. The van der Waals surface area contributed by atoms with Crippen LogP contribution in [0.3, 0.4) is 0 Å². The van der Waals surface area contributed by atoms with E-state index in [0.29, 0.717) is 25.8 Å². The van der Waals surface area contributed by atoms with Crippen LogP contribution in [0.15, 0.2) is 60.7 Å². The molecule has 0 radical (unpaired) electrons. The Morgan fingerprint density at radius 2 is 1.33 bits per heavy atom. The van der Waals surface area contributed by atoms with Crippen LogP contribution in [0, 0.1) is 0 Å². The summed E-state index contributed by atoms with van der Waals surface area (Å²) in [6.07, 6.45) is 0.311. The molecular formula is C22H27N3O5. The molecule has 0 heterocycles. The second-order valence-corrected chi connectivity index (χ2v) is 6.65. The van der Waals surface area contributed by atoms with Crippen molar-refractivity contribution in [2.24, 2.45) is 5.73 Å². The molecule has 0 saturated carbocycles. The largest absolute Gasteiger partial charge is 0.445 e. The van der Waals surface area contributed by atoms with Crippen molar-refractivity contribution in [2.45, 2.75) is 38.5 Å². The lowest BCUT2D eigenvalue weighted by Crippen LogP contribution is -2.44. The molecule has 0 aliphatic carbocycles. The lowest BCUT2D eigenvalue weighted by molar-refractivity contribution is -0.120. The molecule has 0 bridgehead atoms. The number of rotatable bonds is 11. The van der Waals surface area contributed by atoms with Gasteiger partial charge in [0.25, 0.3) is 0 Å². The van der Waals surface area contributed by atoms with Crippen LogP contribution in [-0.2, 0) is 27.5 Å². The first kappa shape index (κ1) is 22.7. The molecule has 2 aromatic rings. The molecule has 4 N–H and O–H groups in total. The molecule has 2 rings (SSSR count). The van der Waals surface area contributed by atoms with Crippen LogP contribution >= 0.6 is 0 Å². The SMILES string of the molecule is NC(=O)[C@H](CCCCNC(=O)OCc1ccccc1)NC(=O)OCc1ccccc1. The summed E-state index contributed by atoms with van der Waals surface area (Å²) in [5.41, 5.74) is 7.10. The number of primary amides is 1. The number of benzene rings is 2. The van der Waals surface area contributed by atoms with Crippen LogP contribution in [0.5, 0.6) is 0 Å². The number of nitrogens with one attached hydrogen (secondary N) is 2. The Balaban J connectivity index is 1.59. The summed E-state index contributed by atoms with van der Waals surface area (Å²) in [4.78, 5) is 35.1. The maximum absolute atomic E-state index is 11.9. The number of nitrogens with two attached hydrogens (primary N) is 1. The Bertz CT molecular complexity index is 799. The third-order valence-corrected chi connectivity index (χ3v) is 4.25. The van der Waals surface area contributed by atoms with Crippen LogP contribution in [-0.4, -0.2) is 30.7 Å². The second-order valence-electron chi connectivity index (χ2n) is 6.65. The van der Waals surface area contributed by atoms with Gasteiger partial charge in [0.05, 0.1) is 0 Å². The Labute approximate surface area is 175 Å². The van der Waals surface area contributed by atoms with Gasteiger partial charge in [-0.25, -0.2) is 9.59 Å². The van der Waals surface area contributed by atoms with Gasteiger partial charge in [0, 0.05) is 6.54 Å². The summed E-state index contributed by atoms with van der Waals surface area (Å²) >= 11 is 0. The van der Waals surface area contributed by atoms with Gasteiger partial charge in [-0.1, -0.05) is 60.7 Å². The number of hydrogen-bond acceptors (Lipinski definition) is 5. The number of carbonyl (C=O) groups is 3. The van der Waals surface area contributed by atoms with Gasteiger partial charge in [-0.3, -0.25) is 4.79 Å². The third-order valence-electron chi connectivity index (χ3n) is 4.25. The molecule has 0 spiro atoms. The highest BCUT2D eigenvalue weighted by molar-refractivity contribution is 5.84. The van der Waals surface area contributed by atoms with E-state index >= 15 is 0 Å². The quantitative estimate of drug-likeness (QED) is 0.489. The lowest BCUT2D eigenvalue weighted by Gasteiger charge is -2.15. The summed E-state index contributed by atoms with van der Waals surface area (Å²) in [5, 5.41) is 5.12. The molecule has 0 aliphatic heterocycles. The van der Waals surface area contributed by atoms with Crippen molar-refractivity contribution < 1.29 is 23.9 Å². The van der Waals surface area contributed by atoms with Crippen molar-refractivity contribution >= 4 is 18.1 Å². The first-order valence-corrected chi connectivity index (χ1v) is 9.75. The van der Waals surface area contributed by atoms with E-state index in [1.807, 2.05) is 60.7 Å². The third kappa shape index (κ3) is 9.09. The number of amides is 3. The van der Waals surface area contributed by atoms with Gasteiger partial charge in [0.15, 0.2) is 0 Å². The second kappa shape index (κ2) is 12.8. The van der Waals surface area contributed by atoms with E-state index in [0.717, 1.165) is 11.1 Å². The van der Waals surface area contributed by atoms with E-state index in [1.54, 1.807) is 0 Å². The van der Waals surface area contributed by atoms with E-state index < -0.39 is 24.1 Å². The highest BCUT2D eigenvalue weighted by Gasteiger charge is 2.18. The van der Waals surface area contributed by atoms with E-state index in [9.17, 15) is 14.4 Å². The Morgan fingerprint density at radius 1 is 0.800 bits per heavy atom. The standard InChI is InChI=1S/C22H27N3O5/c23-20(26)19(25-22(28)30-16-18-11-5-2-6-12-18)13-7-8-14-24-21(27)29-15-17-9-3-1-4-10-17/h1-6,9-12,19H,7-8,13-16H2,(H2,23,26)(H,24,27)(H,25,28)/t19-/m0/s1. The van der Waals surface area contributed by atoms with Crippen molar-refractivity contribution in [3.63, 3.8) is 0 Å². The molecule has 160 valence electrons. The first-order valence-electron chi connectivity index (χ1n) is 9.75. The van der Waals surface area contributed by atoms with Gasteiger partial charge in [0.2, 0.25) is 5.91 Å². The number of alkyl carbamates (subject to hydrolysis) is 2. The van der Waals surface area contributed by atoms with Crippen molar-refractivity contribution in [2.75, 3.05) is 6.54 Å². The molecule has 2 aromatic carbocycles. The monoisotopic (exact) mass is 413 g/mol. The molecule has 0 aliphatic rings. The van der Waals surface area contributed by atoms with E-state index in [1.165, 1.54) is 0 Å². The minimum Gasteiger partial charge on any atom is -0.445 e. The minimum absolute atomic E-state index is 0.104. The average molecular weight is 413 g/mol. The fourth-order valence-electron chi connectivity index (χ4n) is 2.63. The molecule has 0 aromatic heterocycles. The van der Waals surface area contributed by atoms with Crippen molar-refractivity contribution in [3.8, 4) is 0 Å². The number of ether oxygens (including phenoxy) is 2. The topological polar surface area (TPSA) is 120 Å². The van der Waals surface area contributed by atoms with Crippen LogP contribution in [0.2, 0.25) is 0 Å². The Kier molecular flexibility index (Phi) is 9.72. The van der Waals surface area contributed by atoms with Crippen molar-refractivity contribution in [1.29, 1.82) is 0 Å². The predicted molar refractivity (Wildman–Crippen MR) is 111 cm³/mol. The fraction of sp³-hybridized carbons (Fsp3) is 0.318. The van der Waals surface area contributed by atoms with Crippen LogP contribution in [0.4, 0.5) is 9.59 Å². The summed E-state index contributed by atoms with van der Waals surface area (Å²) in [6, 6.07) is 17.7. The van der Waals surface area contributed by atoms with Gasteiger partial charge < -0.3 is 25.8 Å². The van der Waals surface area contributed by atoms with Crippen LogP contribution in [0.25, 0.3) is 0 Å². The molecule has 1 atom stereocenters. The minimum atomic E-state index is -0.835. The molecule has 8 nitrogen and oxygen atoms in total. The maximum Gasteiger partial charge on any atom is 0.408 e. The summed E-state index contributed by atoms with van der Waals surface area (Å²) in [5.74, 6) is -0.637.